The van der Waals surface area contributed by atoms with E-state index in [1.54, 1.807) is 0 Å². The van der Waals surface area contributed by atoms with Crippen molar-refractivity contribution in [3.8, 4) is 12.3 Å². The van der Waals surface area contributed by atoms with E-state index in [4.69, 9.17) is 11.5 Å². The van der Waals surface area contributed by atoms with Crippen LogP contribution in [0.3, 0.4) is 0 Å². The highest BCUT2D eigenvalue weighted by Gasteiger charge is 1.93. The number of nitrogens with one attached hydrogen (secondary N) is 1. The van der Waals surface area contributed by atoms with Crippen LogP contribution in [0.4, 0.5) is 0 Å². The minimum Gasteiger partial charge on any atom is -0.396 e. The van der Waals surface area contributed by atoms with E-state index in [-0.39, 0.29) is 0 Å². The van der Waals surface area contributed by atoms with Crippen LogP contribution in [0.15, 0.2) is 0 Å². The summed E-state index contributed by atoms with van der Waals surface area (Å²) in [6, 6.07) is 0. The van der Waals surface area contributed by atoms with Gasteiger partial charge < -0.3 is 10.4 Å². The molecule has 2 N–H and O–H groups in total. The largest absolute Gasteiger partial charge is 0.396 e. The Morgan fingerprint density at radius 3 is 1.68 bits per heavy atom. The molecule has 0 aliphatic rings. The van der Waals surface area contributed by atoms with Crippen molar-refractivity contribution in [2.75, 3.05) is 19.7 Å². The van der Waals surface area contributed by atoms with Crippen LogP contribution in [0.1, 0.15) is 77.0 Å². The number of aliphatic hydroxyl groups excluding tert-OH is 1. The molecule has 112 valence electrons. The molecule has 19 heavy (non-hydrogen) atoms. The lowest BCUT2D eigenvalue weighted by molar-refractivity contribution is 0.282. The van der Waals surface area contributed by atoms with Crippen molar-refractivity contribution in [1.82, 2.24) is 5.32 Å². The molecule has 0 aliphatic carbocycles. The molecule has 0 saturated carbocycles. The molecule has 0 aliphatic heterocycles. The zero-order valence-corrected chi connectivity index (χ0v) is 12.6. The summed E-state index contributed by atoms with van der Waals surface area (Å²) in [6.07, 6.45) is 20.2. The molecule has 0 aromatic carbocycles. The zero-order chi connectivity index (χ0) is 14.0. The second-order valence-electron chi connectivity index (χ2n) is 5.32. The first-order chi connectivity index (χ1) is 9.41. The fourth-order valence-corrected chi connectivity index (χ4v) is 2.22. The molecule has 0 unspecified atom stereocenters. The van der Waals surface area contributed by atoms with E-state index in [9.17, 15) is 0 Å². The van der Waals surface area contributed by atoms with Crippen molar-refractivity contribution >= 4 is 0 Å². The van der Waals surface area contributed by atoms with Gasteiger partial charge in [-0.2, -0.15) is 0 Å². The lowest BCUT2D eigenvalue weighted by Gasteiger charge is -2.04. The molecule has 0 amide bonds. The van der Waals surface area contributed by atoms with Gasteiger partial charge in [-0.15, -0.1) is 12.3 Å². The van der Waals surface area contributed by atoms with Crippen LogP contribution in [-0.4, -0.2) is 24.8 Å². The zero-order valence-electron chi connectivity index (χ0n) is 12.6. The second kappa shape index (κ2) is 17.5. The van der Waals surface area contributed by atoms with Gasteiger partial charge in [-0.25, -0.2) is 0 Å². The van der Waals surface area contributed by atoms with Crippen molar-refractivity contribution in [3.63, 3.8) is 0 Å². The van der Waals surface area contributed by atoms with Gasteiger partial charge in [-0.05, 0) is 32.4 Å². The predicted octanol–water partition coefficient (Wildman–Crippen LogP) is 3.88. The Bertz CT molecular complexity index is 198. The van der Waals surface area contributed by atoms with Gasteiger partial charge in [0.25, 0.3) is 0 Å². The smallest absolute Gasteiger partial charge is 0.0431 e. The van der Waals surface area contributed by atoms with E-state index in [1.165, 1.54) is 57.8 Å². The number of unbranched alkanes of at least 4 members (excludes halogenated alkanes) is 10. The Kier molecular flexibility index (Phi) is 17.0. The third-order valence-electron chi connectivity index (χ3n) is 3.44. The summed E-state index contributed by atoms with van der Waals surface area (Å²) in [4.78, 5) is 0. The summed E-state index contributed by atoms with van der Waals surface area (Å²) in [5.74, 6) is 2.66. The summed E-state index contributed by atoms with van der Waals surface area (Å²) in [6.45, 7) is 2.57. The van der Waals surface area contributed by atoms with Crippen molar-refractivity contribution in [2.45, 2.75) is 77.0 Å². The highest BCUT2D eigenvalue weighted by Crippen LogP contribution is 2.10. The quantitative estimate of drug-likeness (QED) is 0.348. The number of hydrogen-bond acceptors (Lipinski definition) is 2. The van der Waals surface area contributed by atoms with E-state index >= 15 is 0 Å². The van der Waals surface area contributed by atoms with Crippen LogP contribution in [0.25, 0.3) is 0 Å². The summed E-state index contributed by atoms with van der Waals surface area (Å²) in [5, 5.41) is 12.1. The molecule has 2 nitrogen and oxygen atoms in total. The third kappa shape index (κ3) is 17.5. The topological polar surface area (TPSA) is 32.3 Å². The van der Waals surface area contributed by atoms with E-state index in [0.29, 0.717) is 6.61 Å². The molecule has 0 fully saturated rings. The summed E-state index contributed by atoms with van der Waals surface area (Å²) < 4.78 is 0. The first-order valence-electron chi connectivity index (χ1n) is 8.17. The van der Waals surface area contributed by atoms with Crippen molar-refractivity contribution in [1.29, 1.82) is 0 Å². The monoisotopic (exact) mass is 267 g/mol. The van der Waals surface area contributed by atoms with Gasteiger partial charge in [-0.3, -0.25) is 0 Å². The molecular formula is C17H33NO. The summed E-state index contributed by atoms with van der Waals surface area (Å²) in [5.41, 5.74) is 0. The minimum absolute atomic E-state index is 0.358. The van der Waals surface area contributed by atoms with Gasteiger partial charge >= 0.3 is 0 Å². The normalized spacial score (nSPS) is 10.5. The van der Waals surface area contributed by atoms with Gasteiger partial charge in [0, 0.05) is 13.0 Å². The van der Waals surface area contributed by atoms with Crippen LogP contribution in [-0.2, 0) is 0 Å². The molecule has 0 aromatic rings. The lowest BCUT2D eigenvalue weighted by atomic mass is 10.1. The maximum absolute atomic E-state index is 8.66. The van der Waals surface area contributed by atoms with E-state index in [2.05, 4.69) is 11.2 Å². The van der Waals surface area contributed by atoms with Crippen LogP contribution in [0.5, 0.6) is 0 Å². The lowest BCUT2D eigenvalue weighted by Crippen LogP contribution is -2.16. The van der Waals surface area contributed by atoms with Crippen LogP contribution in [0, 0.1) is 12.3 Å². The summed E-state index contributed by atoms with van der Waals surface area (Å²) in [7, 11) is 0. The fourth-order valence-electron chi connectivity index (χ4n) is 2.22. The number of hydrogen-bond donors (Lipinski definition) is 2. The molecule has 0 radical (unpaired) electrons. The van der Waals surface area contributed by atoms with Crippen molar-refractivity contribution < 1.29 is 5.11 Å². The number of rotatable bonds is 15. The average Bonchev–Trinajstić information content (AvgIpc) is 2.43. The van der Waals surface area contributed by atoms with Crippen molar-refractivity contribution in [2.24, 2.45) is 0 Å². The number of aliphatic hydroxyl groups is 1. The Balaban J connectivity index is 2.90. The van der Waals surface area contributed by atoms with Crippen LogP contribution >= 0.6 is 0 Å². The van der Waals surface area contributed by atoms with Gasteiger partial charge in [0.15, 0.2) is 0 Å². The maximum Gasteiger partial charge on any atom is 0.0431 e. The van der Waals surface area contributed by atoms with Gasteiger partial charge in [0.1, 0.15) is 0 Å². The molecule has 0 bridgehead atoms. The highest BCUT2D eigenvalue weighted by molar-refractivity contribution is 4.83. The van der Waals surface area contributed by atoms with Gasteiger partial charge in [0.05, 0.1) is 0 Å². The Morgan fingerprint density at radius 1 is 0.684 bits per heavy atom. The molecule has 2 heteroatoms. The highest BCUT2D eigenvalue weighted by atomic mass is 16.2. The Hall–Kier alpha value is -0.520. The van der Waals surface area contributed by atoms with E-state index in [1.807, 2.05) is 0 Å². The minimum atomic E-state index is 0.358. The molecule has 0 saturated heterocycles. The Labute approximate surface area is 120 Å². The first kappa shape index (κ1) is 18.5. The SMILES string of the molecule is C#CCCCNCCCCCCCCCCCCO. The number of terminal acetylenes is 1. The standard InChI is InChI=1S/C17H33NO/c1-2-3-12-15-18-16-13-10-8-6-4-5-7-9-11-14-17-19/h1,18-19H,3-17H2. The average molecular weight is 267 g/mol. The van der Waals surface area contributed by atoms with Crippen LogP contribution in [0.2, 0.25) is 0 Å². The molecule has 0 aromatic heterocycles. The van der Waals surface area contributed by atoms with E-state index in [0.717, 1.165) is 32.4 Å². The van der Waals surface area contributed by atoms with Gasteiger partial charge in [0.2, 0.25) is 0 Å². The first-order valence-corrected chi connectivity index (χ1v) is 8.17. The summed E-state index contributed by atoms with van der Waals surface area (Å²) >= 11 is 0. The maximum atomic E-state index is 8.66. The predicted molar refractivity (Wildman–Crippen MR) is 84.2 cm³/mol. The van der Waals surface area contributed by atoms with E-state index < -0.39 is 0 Å². The van der Waals surface area contributed by atoms with Gasteiger partial charge in [-0.1, -0.05) is 51.4 Å². The fraction of sp³-hybridized carbons (Fsp3) is 0.882. The molecular weight excluding hydrogens is 234 g/mol. The third-order valence-corrected chi connectivity index (χ3v) is 3.44. The molecule has 0 spiro atoms. The van der Waals surface area contributed by atoms with Crippen molar-refractivity contribution in [3.05, 3.63) is 0 Å². The second-order valence-corrected chi connectivity index (χ2v) is 5.32. The Morgan fingerprint density at radius 2 is 1.16 bits per heavy atom. The molecule has 0 atom stereocenters. The van der Waals surface area contributed by atoms with Crippen LogP contribution < -0.4 is 5.32 Å². The molecule has 0 heterocycles. The molecule has 0 rings (SSSR count).